The number of aliphatic hydroxyl groups excluding tert-OH is 1. The lowest BCUT2D eigenvalue weighted by atomic mass is 10.2. The second-order valence-electron chi connectivity index (χ2n) is 6.12. The fourth-order valence-corrected chi connectivity index (χ4v) is 3.17. The van der Waals surface area contributed by atoms with E-state index in [4.69, 9.17) is 5.10 Å². The molecule has 7 nitrogen and oxygen atoms in total. The van der Waals surface area contributed by atoms with Gasteiger partial charge in [0.05, 0.1) is 18.1 Å². The molecule has 1 aliphatic heterocycles. The Hall–Kier alpha value is -2.67. The molecule has 1 saturated heterocycles. The fourth-order valence-electron chi connectivity index (χ4n) is 3.17. The molecule has 4 heterocycles. The second kappa shape index (κ2) is 6.09. The van der Waals surface area contributed by atoms with Gasteiger partial charge in [-0.3, -0.25) is 4.98 Å². The predicted molar refractivity (Wildman–Crippen MR) is 91.8 cm³/mol. The number of aliphatic hydroxyl groups is 1. The monoisotopic (exact) mass is 324 g/mol. The molecule has 3 aromatic rings. The Bertz CT molecular complexity index is 833. The van der Waals surface area contributed by atoms with Gasteiger partial charge in [0.25, 0.3) is 0 Å². The molecule has 2 N–H and O–H groups in total. The van der Waals surface area contributed by atoms with Gasteiger partial charge in [-0.15, -0.1) is 5.10 Å². The van der Waals surface area contributed by atoms with Gasteiger partial charge in [0.1, 0.15) is 11.5 Å². The first-order valence-corrected chi connectivity index (χ1v) is 8.18. The van der Waals surface area contributed by atoms with Crippen LogP contribution in [0.15, 0.2) is 42.9 Å². The predicted octanol–water partition coefficient (Wildman–Crippen LogP) is 2.22. The molecule has 1 unspecified atom stereocenters. The number of fused-ring (bicyclic) bond motifs is 1. The Morgan fingerprint density at radius 1 is 1.29 bits per heavy atom. The van der Waals surface area contributed by atoms with Crippen molar-refractivity contribution in [3.8, 4) is 0 Å². The Morgan fingerprint density at radius 2 is 2.21 bits per heavy atom. The fraction of sp³-hybridized carbons (Fsp3) is 0.353. The summed E-state index contributed by atoms with van der Waals surface area (Å²) in [6, 6.07) is 8.09. The molecule has 24 heavy (non-hydrogen) atoms. The van der Waals surface area contributed by atoms with E-state index in [1.165, 1.54) is 12.8 Å². The average Bonchev–Trinajstić information content (AvgIpc) is 3.21. The summed E-state index contributed by atoms with van der Waals surface area (Å²) >= 11 is 0. The number of pyridine rings is 1. The van der Waals surface area contributed by atoms with E-state index in [1.54, 1.807) is 23.1 Å². The number of hydrogen-bond acceptors (Lipinski definition) is 6. The van der Waals surface area contributed by atoms with Crippen molar-refractivity contribution >= 4 is 17.2 Å². The summed E-state index contributed by atoms with van der Waals surface area (Å²) in [5.74, 6) is 0.917. The zero-order valence-corrected chi connectivity index (χ0v) is 13.5. The minimum Gasteiger partial charge on any atom is -0.368 e. The highest BCUT2D eigenvalue weighted by Crippen LogP contribution is 2.25. The summed E-state index contributed by atoms with van der Waals surface area (Å²) in [6.07, 6.45) is 6.45. The molecule has 1 fully saturated rings. The summed E-state index contributed by atoms with van der Waals surface area (Å²) in [5.41, 5.74) is 2.06. The molecule has 124 valence electrons. The quantitative estimate of drug-likeness (QED) is 0.717. The van der Waals surface area contributed by atoms with Crippen LogP contribution in [-0.2, 0) is 0 Å². The maximum atomic E-state index is 10.5. The molecule has 2 atom stereocenters. The molecule has 0 bridgehead atoms. The van der Waals surface area contributed by atoms with Crippen LogP contribution in [0.4, 0.5) is 11.5 Å². The Kier molecular flexibility index (Phi) is 3.78. The first-order chi connectivity index (χ1) is 11.7. The third-order valence-corrected chi connectivity index (χ3v) is 4.47. The van der Waals surface area contributed by atoms with Crippen molar-refractivity contribution in [3.05, 3.63) is 48.5 Å². The standard InChI is InChI=1S/C17H20N6O/c1-12-4-3-9-22(12)16-7-6-15-19-11-14(23(15)21-16)17(24)20-13-5-2-8-18-10-13/h2,5-8,10-12,17,20,24H,3-4,9H2,1H3/t12-,17?/m0/s1. The molecule has 1 aliphatic rings. The highest BCUT2D eigenvalue weighted by Gasteiger charge is 2.23. The van der Waals surface area contributed by atoms with Gasteiger partial charge in [-0.25, -0.2) is 9.50 Å². The molecular formula is C17H20N6O. The van der Waals surface area contributed by atoms with Gasteiger partial charge >= 0.3 is 0 Å². The van der Waals surface area contributed by atoms with E-state index in [0.29, 0.717) is 17.4 Å². The lowest BCUT2D eigenvalue weighted by molar-refractivity contribution is 0.201. The van der Waals surface area contributed by atoms with Crippen molar-refractivity contribution in [1.82, 2.24) is 19.6 Å². The average molecular weight is 324 g/mol. The van der Waals surface area contributed by atoms with Gasteiger partial charge in [0.2, 0.25) is 0 Å². The van der Waals surface area contributed by atoms with Crippen molar-refractivity contribution in [1.29, 1.82) is 0 Å². The van der Waals surface area contributed by atoms with Gasteiger partial charge in [0.15, 0.2) is 11.9 Å². The number of nitrogens with one attached hydrogen (secondary N) is 1. The lowest BCUT2D eigenvalue weighted by Crippen LogP contribution is -2.28. The van der Waals surface area contributed by atoms with E-state index in [1.807, 2.05) is 24.3 Å². The van der Waals surface area contributed by atoms with Crippen molar-refractivity contribution in [3.63, 3.8) is 0 Å². The number of hydrogen-bond donors (Lipinski definition) is 2. The van der Waals surface area contributed by atoms with Gasteiger partial charge in [0, 0.05) is 18.8 Å². The molecule has 3 aromatic heterocycles. The van der Waals surface area contributed by atoms with Crippen LogP contribution in [0.2, 0.25) is 0 Å². The first-order valence-electron chi connectivity index (χ1n) is 8.18. The first kappa shape index (κ1) is 14.9. The van der Waals surface area contributed by atoms with Crippen LogP contribution in [0, 0.1) is 0 Å². The molecule has 7 heteroatoms. The van der Waals surface area contributed by atoms with E-state index in [2.05, 4.69) is 27.1 Å². The highest BCUT2D eigenvalue weighted by atomic mass is 16.3. The minimum absolute atomic E-state index is 0.486. The van der Waals surface area contributed by atoms with E-state index in [-0.39, 0.29) is 0 Å². The summed E-state index contributed by atoms with van der Waals surface area (Å²) in [6.45, 7) is 3.23. The maximum Gasteiger partial charge on any atom is 0.169 e. The summed E-state index contributed by atoms with van der Waals surface area (Å²) < 4.78 is 1.70. The molecule has 0 saturated carbocycles. The summed E-state index contributed by atoms with van der Waals surface area (Å²) in [4.78, 5) is 10.7. The van der Waals surface area contributed by atoms with Crippen LogP contribution in [0.25, 0.3) is 5.65 Å². The maximum absolute atomic E-state index is 10.5. The number of nitrogens with zero attached hydrogens (tertiary/aromatic N) is 5. The van der Waals surface area contributed by atoms with E-state index < -0.39 is 6.23 Å². The van der Waals surface area contributed by atoms with Gasteiger partial charge in [-0.2, -0.15) is 0 Å². The SMILES string of the molecule is C[C@H]1CCCN1c1ccc2ncc(C(O)Nc3cccnc3)n2n1. The van der Waals surface area contributed by atoms with Crippen LogP contribution in [0.5, 0.6) is 0 Å². The molecule has 0 spiro atoms. The molecule has 0 radical (unpaired) electrons. The van der Waals surface area contributed by atoms with E-state index in [0.717, 1.165) is 18.1 Å². The largest absolute Gasteiger partial charge is 0.368 e. The van der Waals surface area contributed by atoms with Crippen LogP contribution >= 0.6 is 0 Å². The summed E-state index contributed by atoms with van der Waals surface area (Å²) in [5, 5.41) is 18.2. The second-order valence-corrected chi connectivity index (χ2v) is 6.12. The molecule has 0 aliphatic carbocycles. The molecule has 0 amide bonds. The van der Waals surface area contributed by atoms with Crippen LogP contribution in [0.1, 0.15) is 31.7 Å². The molecule has 0 aromatic carbocycles. The Labute approximate surface area is 140 Å². The van der Waals surface area contributed by atoms with Crippen molar-refractivity contribution in [2.75, 3.05) is 16.8 Å². The van der Waals surface area contributed by atoms with Crippen LogP contribution in [0.3, 0.4) is 0 Å². The van der Waals surface area contributed by atoms with Crippen LogP contribution < -0.4 is 10.2 Å². The van der Waals surface area contributed by atoms with Crippen molar-refractivity contribution < 1.29 is 5.11 Å². The number of rotatable bonds is 4. The highest BCUT2D eigenvalue weighted by molar-refractivity contribution is 5.49. The lowest BCUT2D eigenvalue weighted by Gasteiger charge is -2.22. The van der Waals surface area contributed by atoms with E-state index in [9.17, 15) is 5.11 Å². The third-order valence-electron chi connectivity index (χ3n) is 4.47. The summed E-state index contributed by atoms with van der Waals surface area (Å²) in [7, 11) is 0. The van der Waals surface area contributed by atoms with Crippen LogP contribution in [-0.4, -0.2) is 37.3 Å². The topological polar surface area (TPSA) is 78.6 Å². The van der Waals surface area contributed by atoms with E-state index >= 15 is 0 Å². The number of imidazole rings is 1. The van der Waals surface area contributed by atoms with Gasteiger partial charge in [-0.05, 0) is 44.0 Å². The van der Waals surface area contributed by atoms with Crippen molar-refractivity contribution in [2.24, 2.45) is 0 Å². The third kappa shape index (κ3) is 2.67. The van der Waals surface area contributed by atoms with Gasteiger partial charge in [-0.1, -0.05) is 0 Å². The minimum atomic E-state index is -0.914. The molecular weight excluding hydrogens is 304 g/mol. The van der Waals surface area contributed by atoms with Gasteiger partial charge < -0.3 is 15.3 Å². The smallest absolute Gasteiger partial charge is 0.169 e. The van der Waals surface area contributed by atoms with Crippen molar-refractivity contribution in [2.45, 2.75) is 32.0 Å². The zero-order chi connectivity index (χ0) is 16.5. The molecule has 4 rings (SSSR count). The number of aromatic nitrogens is 4. The Morgan fingerprint density at radius 3 is 2.96 bits per heavy atom. The Balaban J connectivity index is 1.65. The number of anilines is 2. The normalized spacial score (nSPS) is 18.9. The zero-order valence-electron chi connectivity index (χ0n) is 13.5.